The highest BCUT2D eigenvalue weighted by Crippen LogP contribution is 2.45. The van der Waals surface area contributed by atoms with E-state index in [0.717, 1.165) is 11.1 Å². The van der Waals surface area contributed by atoms with E-state index in [2.05, 4.69) is 16.0 Å². The van der Waals surface area contributed by atoms with Crippen LogP contribution in [-0.2, 0) is 15.2 Å². The number of likely N-dealkylation sites (tertiary alicyclic amines) is 1. The molecule has 3 atom stereocenters. The van der Waals surface area contributed by atoms with Gasteiger partial charge in [-0.3, -0.25) is 14.9 Å². The summed E-state index contributed by atoms with van der Waals surface area (Å²) in [5.74, 6) is -1.30. The lowest BCUT2D eigenvalue weighted by Gasteiger charge is -2.44. The van der Waals surface area contributed by atoms with Gasteiger partial charge >= 0.3 is 12.1 Å². The summed E-state index contributed by atoms with van der Waals surface area (Å²) >= 11 is 6.73. The van der Waals surface area contributed by atoms with Crippen LogP contribution in [0.2, 0.25) is 5.02 Å². The Morgan fingerprint density at radius 3 is 2.69 bits per heavy atom. The SMILES string of the molecule is Cc1cccc(-c2c(Cl)cccc2[C@](O)(CCCNC(=O)O)[C@@H]2CCCN(C(=O)[C@@H]3CC(=O)NC(=O)N3)C2)c1. The van der Waals surface area contributed by atoms with E-state index in [-0.39, 0.29) is 31.8 Å². The van der Waals surface area contributed by atoms with E-state index >= 15 is 0 Å². The van der Waals surface area contributed by atoms with Crippen molar-refractivity contribution in [2.45, 2.75) is 50.7 Å². The van der Waals surface area contributed by atoms with Gasteiger partial charge in [0.25, 0.3) is 0 Å². The van der Waals surface area contributed by atoms with E-state index in [1.807, 2.05) is 37.3 Å². The van der Waals surface area contributed by atoms with E-state index in [1.165, 1.54) is 0 Å². The molecule has 2 saturated heterocycles. The molecule has 2 aliphatic rings. The number of piperidine rings is 1. The summed E-state index contributed by atoms with van der Waals surface area (Å²) in [4.78, 5) is 49.6. The summed E-state index contributed by atoms with van der Waals surface area (Å²) in [6.45, 7) is 2.75. The molecule has 0 aromatic heterocycles. The third kappa shape index (κ3) is 6.51. The second kappa shape index (κ2) is 12.0. The van der Waals surface area contributed by atoms with Crippen molar-refractivity contribution in [3.63, 3.8) is 0 Å². The summed E-state index contributed by atoms with van der Waals surface area (Å²) in [5.41, 5.74) is 1.73. The van der Waals surface area contributed by atoms with Crippen LogP contribution in [0.4, 0.5) is 9.59 Å². The second-order valence-corrected chi connectivity index (χ2v) is 10.6. The summed E-state index contributed by atoms with van der Waals surface area (Å²) in [5, 5.41) is 29.0. The van der Waals surface area contributed by atoms with Crippen molar-refractivity contribution in [2.24, 2.45) is 5.92 Å². The Morgan fingerprint density at radius 2 is 1.97 bits per heavy atom. The number of carbonyl (C=O) groups is 4. The quantitative estimate of drug-likeness (QED) is 0.315. The molecule has 0 spiro atoms. The third-order valence-corrected chi connectivity index (χ3v) is 7.77. The molecule has 0 aliphatic carbocycles. The number of halogens is 1. The van der Waals surface area contributed by atoms with Crippen molar-refractivity contribution < 1.29 is 29.4 Å². The minimum atomic E-state index is -1.45. The average molecular weight is 557 g/mol. The number of hydrogen-bond acceptors (Lipinski definition) is 5. The highest BCUT2D eigenvalue weighted by Gasteiger charge is 2.44. The van der Waals surface area contributed by atoms with Crippen LogP contribution in [0.25, 0.3) is 11.1 Å². The van der Waals surface area contributed by atoms with Gasteiger partial charge in [-0.05, 0) is 49.8 Å². The van der Waals surface area contributed by atoms with Gasteiger partial charge in [-0.15, -0.1) is 0 Å². The molecule has 11 heteroatoms. The number of hydrogen-bond donors (Lipinski definition) is 5. The molecule has 2 aliphatic heterocycles. The summed E-state index contributed by atoms with van der Waals surface area (Å²) in [6.07, 6.45) is 0.508. The van der Waals surface area contributed by atoms with Gasteiger partial charge in [0, 0.05) is 36.1 Å². The molecule has 208 valence electrons. The molecule has 0 saturated carbocycles. The van der Waals surface area contributed by atoms with Crippen LogP contribution in [0.5, 0.6) is 0 Å². The number of imide groups is 1. The van der Waals surface area contributed by atoms with Gasteiger partial charge in [0.1, 0.15) is 6.04 Å². The fourth-order valence-corrected chi connectivity index (χ4v) is 5.92. The first kappa shape index (κ1) is 28.4. The number of amides is 5. The fraction of sp³-hybridized carbons (Fsp3) is 0.429. The highest BCUT2D eigenvalue weighted by molar-refractivity contribution is 6.33. The van der Waals surface area contributed by atoms with Crippen LogP contribution in [0, 0.1) is 12.8 Å². The molecule has 4 rings (SSSR count). The first-order valence-electron chi connectivity index (χ1n) is 13.0. The topological polar surface area (TPSA) is 148 Å². The smallest absolute Gasteiger partial charge is 0.404 e. The number of nitrogens with zero attached hydrogens (tertiary/aromatic N) is 1. The number of aryl methyl sites for hydroxylation is 1. The van der Waals surface area contributed by atoms with Crippen LogP contribution in [0.3, 0.4) is 0 Å². The zero-order valence-corrected chi connectivity index (χ0v) is 22.5. The molecular formula is C28H33ClN4O6. The monoisotopic (exact) mass is 556 g/mol. The zero-order valence-electron chi connectivity index (χ0n) is 21.7. The second-order valence-electron chi connectivity index (χ2n) is 10.2. The predicted octanol–water partition coefficient (Wildman–Crippen LogP) is 3.39. The van der Waals surface area contributed by atoms with Gasteiger partial charge in [0.2, 0.25) is 11.8 Å². The van der Waals surface area contributed by atoms with E-state index in [0.29, 0.717) is 42.0 Å². The van der Waals surface area contributed by atoms with E-state index in [1.54, 1.807) is 17.0 Å². The molecule has 0 unspecified atom stereocenters. The van der Waals surface area contributed by atoms with Gasteiger partial charge in [0.15, 0.2) is 0 Å². The Labute approximate surface area is 231 Å². The van der Waals surface area contributed by atoms with Crippen LogP contribution < -0.4 is 16.0 Å². The Hall–Kier alpha value is -3.63. The van der Waals surface area contributed by atoms with Gasteiger partial charge in [-0.25, -0.2) is 9.59 Å². The Balaban J connectivity index is 1.69. The van der Waals surface area contributed by atoms with E-state index in [9.17, 15) is 24.3 Å². The number of urea groups is 1. The van der Waals surface area contributed by atoms with Crippen molar-refractivity contribution in [3.8, 4) is 11.1 Å². The lowest BCUT2D eigenvalue weighted by molar-refractivity contribution is -0.141. The highest BCUT2D eigenvalue weighted by atomic mass is 35.5. The number of carboxylic acid groups (broad SMARTS) is 1. The lowest BCUT2D eigenvalue weighted by Crippen LogP contribution is -2.60. The predicted molar refractivity (Wildman–Crippen MR) is 145 cm³/mol. The normalized spacial score (nSPS) is 20.9. The van der Waals surface area contributed by atoms with Crippen LogP contribution in [0.15, 0.2) is 42.5 Å². The lowest BCUT2D eigenvalue weighted by atomic mass is 9.72. The largest absolute Gasteiger partial charge is 0.465 e. The molecule has 5 amide bonds. The first-order chi connectivity index (χ1) is 18.6. The van der Waals surface area contributed by atoms with Crippen molar-refractivity contribution in [1.82, 2.24) is 20.9 Å². The maximum atomic E-state index is 13.3. The maximum Gasteiger partial charge on any atom is 0.404 e. The molecule has 0 bridgehead atoms. The van der Waals surface area contributed by atoms with E-state index in [4.69, 9.17) is 16.7 Å². The van der Waals surface area contributed by atoms with Crippen molar-refractivity contribution in [3.05, 3.63) is 58.6 Å². The number of carbonyl (C=O) groups excluding carboxylic acids is 3. The van der Waals surface area contributed by atoms with Crippen LogP contribution in [-0.4, -0.2) is 64.7 Å². The van der Waals surface area contributed by atoms with Gasteiger partial charge < -0.3 is 25.7 Å². The molecule has 2 aromatic rings. The van der Waals surface area contributed by atoms with Gasteiger partial charge in [-0.1, -0.05) is 53.6 Å². The Bertz CT molecular complexity index is 1250. The van der Waals surface area contributed by atoms with Gasteiger partial charge in [-0.2, -0.15) is 0 Å². The van der Waals surface area contributed by atoms with Crippen LogP contribution >= 0.6 is 11.6 Å². The average Bonchev–Trinajstić information content (AvgIpc) is 2.90. The molecule has 5 N–H and O–H groups in total. The zero-order chi connectivity index (χ0) is 28.2. The summed E-state index contributed by atoms with van der Waals surface area (Å²) in [7, 11) is 0. The number of aliphatic hydroxyl groups is 1. The number of benzene rings is 2. The number of rotatable bonds is 8. The molecule has 2 aromatic carbocycles. The number of nitrogens with one attached hydrogen (secondary N) is 3. The Morgan fingerprint density at radius 1 is 1.21 bits per heavy atom. The summed E-state index contributed by atoms with van der Waals surface area (Å²) in [6, 6.07) is 11.5. The van der Waals surface area contributed by atoms with Gasteiger partial charge in [0.05, 0.1) is 12.0 Å². The minimum absolute atomic E-state index is 0.149. The molecule has 2 fully saturated rings. The van der Waals surface area contributed by atoms with Crippen molar-refractivity contribution in [1.29, 1.82) is 0 Å². The van der Waals surface area contributed by atoms with Crippen molar-refractivity contribution in [2.75, 3.05) is 19.6 Å². The molecule has 10 nitrogen and oxygen atoms in total. The molecule has 2 heterocycles. The summed E-state index contributed by atoms with van der Waals surface area (Å²) < 4.78 is 0. The van der Waals surface area contributed by atoms with E-state index < -0.39 is 35.6 Å². The molecule has 0 radical (unpaired) electrons. The standard InChI is InChI=1S/C28H33ClN4O6/c1-17-6-2-7-18(14-17)24-20(9-3-10-21(24)29)28(39,11-5-12-30-27(37)38)19-8-4-13-33(16-19)25(35)22-15-23(34)32-26(36)31-22/h2-3,6-7,9-10,14,19,22,30,39H,4-5,8,11-13,15-16H2,1H3,(H,37,38)(H2,31,32,34,36)/t19-,22+,28+/m1/s1. The molecule has 39 heavy (non-hydrogen) atoms. The van der Waals surface area contributed by atoms with Crippen molar-refractivity contribution >= 4 is 35.5 Å². The third-order valence-electron chi connectivity index (χ3n) is 7.45. The first-order valence-corrected chi connectivity index (χ1v) is 13.4. The maximum absolute atomic E-state index is 13.3. The Kier molecular flexibility index (Phi) is 8.76. The van der Waals surface area contributed by atoms with Crippen LogP contribution in [0.1, 0.15) is 43.2 Å². The fourth-order valence-electron chi connectivity index (χ4n) is 5.64. The minimum Gasteiger partial charge on any atom is -0.465 e. The molecular weight excluding hydrogens is 524 g/mol.